The number of aromatic nitrogens is 1. The van der Waals surface area contributed by atoms with Crippen molar-refractivity contribution in [1.29, 1.82) is 0 Å². The van der Waals surface area contributed by atoms with Crippen molar-refractivity contribution in [3.05, 3.63) is 36.3 Å². The number of thioether (sulfide) groups is 1. The lowest BCUT2D eigenvalue weighted by Gasteiger charge is -2.23. The van der Waals surface area contributed by atoms with Gasteiger partial charge in [-0.1, -0.05) is 0 Å². The smallest absolute Gasteiger partial charge is 0.249 e. The highest BCUT2D eigenvalue weighted by Crippen LogP contribution is 2.36. The molecule has 0 spiro atoms. The molecule has 2 rings (SSSR count). The number of rotatable bonds is 4. The van der Waals surface area contributed by atoms with E-state index in [4.69, 9.17) is 0 Å². The molecule has 0 saturated heterocycles. The minimum Gasteiger partial charge on any atom is -0.272 e. The first-order chi connectivity index (χ1) is 10.1. The topological polar surface area (TPSA) is 76.1 Å². The molecule has 0 aliphatic carbocycles. The van der Waals surface area contributed by atoms with Crippen molar-refractivity contribution in [2.75, 3.05) is 6.26 Å². The second kappa shape index (κ2) is 5.85. The average molecular weight is 342 g/mol. The van der Waals surface area contributed by atoms with Crippen molar-refractivity contribution in [1.82, 2.24) is 9.71 Å². The Bertz CT molecular complexity index is 835. The molecule has 22 heavy (non-hydrogen) atoms. The molecule has 118 valence electrons. The summed E-state index contributed by atoms with van der Waals surface area (Å²) in [5.74, 6) is -1.04. The van der Waals surface area contributed by atoms with E-state index >= 15 is 0 Å². The van der Waals surface area contributed by atoms with Gasteiger partial charge >= 0.3 is 0 Å². The highest BCUT2D eigenvalue weighted by molar-refractivity contribution is 8.01. The van der Waals surface area contributed by atoms with E-state index in [1.807, 2.05) is 4.72 Å². The van der Waals surface area contributed by atoms with Gasteiger partial charge in [0.25, 0.3) is 0 Å². The van der Waals surface area contributed by atoms with Gasteiger partial charge in [-0.2, -0.15) is 0 Å². The zero-order valence-electron chi connectivity index (χ0n) is 12.3. The fourth-order valence-electron chi connectivity index (χ4n) is 1.79. The maximum Gasteiger partial charge on any atom is 0.249 e. The number of carbonyl (C=O) groups excluding carboxylic acids is 1. The first-order valence-corrected chi connectivity index (χ1v) is 9.05. The minimum absolute atomic E-state index is 0.402. The molecule has 1 N–H and O–H groups in total. The van der Waals surface area contributed by atoms with E-state index in [2.05, 4.69) is 4.98 Å². The normalized spacial score (nSPS) is 12.4. The number of hydrogen-bond donors (Lipinski definition) is 1. The van der Waals surface area contributed by atoms with Gasteiger partial charge in [0, 0.05) is 16.5 Å². The summed E-state index contributed by atoms with van der Waals surface area (Å²) in [6.07, 6.45) is 2.48. The summed E-state index contributed by atoms with van der Waals surface area (Å²) in [5.41, 5.74) is 0.603. The van der Waals surface area contributed by atoms with Gasteiger partial charge in [-0.25, -0.2) is 12.8 Å². The number of nitrogens with one attached hydrogen (secondary N) is 1. The van der Waals surface area contributed by atoms with Crippen LogP contribution in [0.5, 0.6) is 0 Å². The average Bonchev–Trinajstić information content (AvgIpc) is 2.37. The first kappa shape index (κ1) is 16.7. The quantitative estimate of drug-likeness (QED) is 0.863. The van der Waals surface area contributed by atoms with Crippen LogP contribution in [0.2, 0.25) is 0 Å². The summed E-state index contributed by atoms with van der Waals surface area (Å²) in [7, 11) is -3.63. The Morgan fingerprint density at radius 1 is 1.32 bits per heavy atom. The summed E-state index contributed by atoms with van der Waals surface area (Å²) < 4.78 is 36.7. The number of pyridine rings is 1. The predicted octanol–water partition coefficient (Wildman–Crippen LogP) is 2.32. The van der Waals surface area contributed by atoms with Gasteiger partial charge in [0.2, 0.25) is 15.9 Å². The van der Waals surface area contributed by atoms with E-state index in [1.54, 1.807) is 32.2 Å². The molecule has 0 saturated carbocycles. The Hall–Kier alpha value is -1.67. The lowest BCUT2D eigenvalue weighted by molar-refractivity contribution is -0.120. The second-order valence-corrected chi connectivity index (χ2v) is 8.70. The van der Waals surface area contributed by atoms with Gasteiger partial charge in [0.1, 0.15) is 5.82 Å². The Morgan fingerprint density at radius 3 is 2.64 bits per heavy atom. The number of carbonyl (C=O) groups is 1. The number of hydrogen-bond acceptors (Lipinski definition) is 5. The van der Waals surface area contributed by atoms with Crippen LogP contribution < -0.4 is 4.72 Å². The maximum absolute atomic E-state index is 13.4. The van der Waals surface area contributed by atoms with Crippen molar-refractivity contribution in [3.63, 3.8) is 0 Å². The Morgan fingerprint density at radius 2 is 2.00 bits per heavy atom. The third kappa shape index (κ3) is 3.95. The van der Waals surface area contributed by atoms with Crippen molar-refractivity contribution in [3.8, 4) is 0 Å². The molecule has 1 heterocycles. The van der Waals surface area contributed by atoms with E-state index in [9.17, 15) is 17.6 Å². The molecule has 0 atom stereocenters. The molecule has 0 bridgehead atoms. The fourth-order valence-corrected chi connectivity index (χ4v) is 3.55. The van der Waals surface area contributed by atoms with Crippen LogP contribution in [-0.2, 0) is 14.8 Å². The Labute approximate surface area is 132 Å². The van der Waals surface area contributed by atoms with E-state index in [0.717, 1.165) is 18.0 Å². The summed E-state index contributed by atoms with van der Waals surface area (Å²) in [4.78, 5) is 16.9. The van der Waals surface area contributed by atoms with Gasteiger partial charge in [-0.15, -0.1) is 11.8 Å². The van der Waals surface area contributed by atoms with Crippen LogP contribution >= 0.6 is 11.8 Å². The minimum atomic E-state index is -3.63. The molecule has 0 fully saturated rings. The number of sulfonamides is 1. The molecular weight excluding hydrogens is 327 g/mol. The highest BCUT2D eigenvalue weighted by Gasteiger charge is 2.31. The number of halogens is 1. The first-order valence-electron chi connectivity index (χ1n) is 6.34. The van der Waals surface area contributed by atoms with Crippen LogP contribution in [0, 0.1) is 5.82 Å². The number of benzene rings is 1. The van der Waals surface area contributed by atoms with Crippen molar-refractivity contribution < 1.29 is 17.6 Å². The molecule has 0 aliphatic rings. The van der Waals surface area contributed by atoms with E-state index in [0.29, 0.717) is 15.8 Å². The number of nitrogens with zero attached hydrogens (tertiary/aromatic N) is 1. The highest BCUT2D eigenvalue weighted by atomic mass is 32.2. The maximum atomic E-state index is 13.4. The molecule has 8 heteroatoms. The van der Waals surface area contributed by atoms with Gasteiger partial charge < -0.3 is 0 Å². The summed E-state index contributed by atoms with van der Waals surface area (Å²) in [5, 5.41) is 0.577. The van der Waals surface area contributed by atoms with Gasteiger partial charge in [-0.3, -0.25) is 14.5 Å². The van der Waals surface area contributed by atoms with Crippen LogP contribution in [-0.4, -0.2) is 30.3 Å². The zero-order chi connectivity index (χ0) is 16.5. The summed E-state index contributed by atoms with van der Waals surface area (Å²) in [6.45, 7) is 3.20. The number of amides is 1. The van der Waals surface area contributed by atoms with Crippen molar-refractivity contribution >= 4 is 38.6 Å². The molecular formula is C14H15FN2O3S2. The van der Waals surface area contributed by atoms with E-state index < -0.39 is 26.5 Å². The molecule has 0 unspecified atom stereocenters. The lowest BCUT2D eigenvalue weighted by Crippen LogP contribution is -2.42. The van der Waals surface area contributed by atoms with Crippen LogP contribution in [0.25, 0.3) is 10.9 Å². The third-order valence-electron chi connectivity index (χ3n) is 2.85. The van der Waals surface area contributed by atoms with E-state index in [-0.39, 0.29) is 0 Å². The molecule has 0 aliphatic heterocycles. The van der Waals surface area contributed by atoms with Crippen LogP contribution in [0.15, 0.2) is 35.4 Å². The molecule has 2 aromatic rings. The van der Waals surface area contributed by atoms with Gasteiger partial charge in [0.15, 0.2) is 0 Å². The standard InChI is InChI=1S/C14H15FN2O3S2/c1-14(2,13(18)17-22(3,19)20)21-12-6-7-16-11-5-4-9(15)8-10(11)12/h4-8H,1-3H3,(H,17,18). The van der Waals surface area contributed by atoms with E-state index in [1.165, 1.54) is 12.1 Å². The molecule has 1 aromatic heterocycles. The molecule has 1 aromatic carbocycles. The fraction of sp³-hybridized carbons (Fsp3) is 0.286. The lowest BCUT2D eigenvalue weighted by atomic mass is 10.2. The SMILES string of the molecule is CC(C)(Sc1ccnc2ccc(F)cc12)C(=O)NS(C)(=O)=O. The van der Waals surface area contributed by atoms with Gasteiger partial charge in [-0.05, 0) is 38.1 Å². The van der Waals surface area contributed by atoms with Crippen LogP contribution in [0.3, 0.4) is 0 Å². The Balaban J connectivity index is 2.37. The van der Waals surface area contributed by atoms with Crippen LogP contribution in [0.1, 0.15) is 13.8 Å². The zero-order valence-corrected chi connectivity index (χ0v) is 13.9. The van der Waals surface area contributed by atoms with Crippen LogP contribution in [0.4, 0.5) is 4.39 Å². The van der Waals surface area contributed by atoms with Crippen molar-refractivity contribution in [2.24, 2.45) is 0 Å². The number of fused-ring (bicyclic) bond motifs is 1. The Kier molecular flexibility index (Phi) is 4.44. The second-order valence-electron chi connectivity index (χ2n) is 5.29. The monoisotopic (exact) mass is 342 g/mol. The largest absolute Gasteiger partial charge is 0.272 e. The molecule has 1 amide bonds. The van der Waals surface area contributed by atoms with Crippen molar-refractivity contribution in [2.45, 2.75) is 23.5 Å². The van der Waals surface area contributed by atoms with Gasteiger partial charge in [0.05, 0.1) is 16.5 Å². The third-order valence-corrected chi connectivity index (χ3v) is 4.68. The summed E-state index contributed by atoms with van der Waals surface area (Å²) >= 11 is 1.15. The molecule has 0 radical (unpaired) electrons. The molecule has 5 nitrogen and oxygen atoms in total. The predicted molar refractivity (Wildman–Crippen MR) is 84.6 cm³/mol. The summed E-state index contributed by atoms with van der Waals surface area (Å²) in [6, 6.07) is 5.88.